The summed E-state index contributed by atoms with van der Waals surface area (Å²) in [4.78, 5) is 67.4. The highest BCUT2D eigenvalue weighted by Crippen LogP contribution is 2.51. The van der Waals surface area contributed by atoms with Crippen LogP contribution in [0.25, 0.3) is 83.7 Å². The Balaban J connectivity index is 1.09. The predicted molar refractivity (Wildman–Crippen MR) is 509 cm³/mol. The van der Waals surface area contributed by atoms with Crippen molar-refractivity contribution in [2.45, 2.75) is 380 Å². The smallest absolute Gasteiger partial charge is 0.251 e. The van der Waals surface area contributed by atoms with Crippen molar-refractivity contribution in [1.29, 1.82) is 0 Å². The van der Waals surface area contributed by atoms with E-state index in [-0.39, 0.29) is 12.6 Å². The van der Waals surface area contributed by atoms with Crippen molar-refractivity contribution in [3.05, 3.63) is 136 Å². The molecule has 0 fully saturated rings. The van der Waals surface area contributed by atoms with E-state index in [1.165, 1.54) is 215 Å². The zero-order chi connectivity index (χ0) is 85.1. The fraction of sp³-hybridized carbons (Fsp3) is 0.623. The van der Waals surface area contributed by atoms with Gasteiger partial charge in [0.25, 0.3) is 6.71 Å². The van der Waals surface area contributed by atoms with E-state index in [4.69, 9.17) is 59.8 Å². The standard InChI is InChI=1S/C106H151BN14/c1-17-33-42-70(25-9)60-90-108-91(61-71(26-10)43-34-18-2)113-103(112-90)78-52-54-80-88(68-78)120-86-50-41-51-87-100(86)107(84-58-56-82(98(80)101(84)120)105-116-94(64-74(29-13)46-37-21-5)110-95(117-105)65-75(30-14)47-38-22-6)85-59-57-83(106-118-96(66-76(31-15)48-39-23-7)111-97(119-106)67-77(32-16)49-40-24-8)99-81-55-53-79(69-89(81)121(87)102(85)99)104-114-92(62-72(27-11)44-35-19-3)109-93(115-104)63-73(28-12)45-36-20-4/h41,50-56,58-59,68-77,83H,17-40,42-49,57,60-67H2,1-16H3. The van der Waals surface area contributed by atoms with Gasteiger partial charge in [-0.05, 0) is 100.0 Å². The van der Waals surface area contributed by atoms with Gasteiger partial charge in [-0.1, -0.05) is 365 Å². The summed E-state index contributed by atoms with van der Waals surface area (Å²) in [5, 5.41) is 3.57. The molecule has 8 heterocycles. The predicted octanol–water partition coefficient (Wildman–Crippen LogP) is 26.9. The number of fused-ring (bicyclic) bond motifs is 10. The van der Waals surface area contributed by atoms with E-state index < -0.39 is 0 Å². The average molecular weight is 1630 g/mol. The maximum atomic E-state index is 5.80. The van der Waals surface area contributed by atoms with Crippen molar-refractivity contribution >= 4 is 55.8 Å². The van der Waals surface area contributed by atoms with Crippen LogP contribution in [-0.4, -0.2) is 75.7 Å². The second kappa shape index (κ2) is 44.1. The third kappa shape index (κ3) is 21.0. The molecule has 2 aliphatic heterocycles. The quantitative estimate of drug-likeness (QED) is 0.0332. The van der Waals surface area contributed by atoms with Gasteiger partial charge in [-0.25, -0.2) is 59.8 Å². The lowest BCUT2D eigenvalue weighted by atomic mass is 9.32. The van der Waals surface area contributed by atoms with Crippen molar-refractivity contribution in [1.82, 2.24) is 68.9 Å². The first-order valence-corrected chi connectivity index (χ1v) is 49.8. The second-order valence-electron chi connectivity index (χ2n) is 37.4. The van der Waals surface area contributed by atoms with Crippen molar-refractivity contribution < 1.29 is 0 Å². The van der Waals surface area contributed by atoms with Gasteiger partial charge in [0.2, 0.25) is 0 Å². The van der Waals surface area contributed by atoms with E-state index >= 15 is 0 Å². The Kier molecular flexibility index (Phi) is 33.1. The normalized spacial score (nSPS) is 15.6. The fourth-order valence-electron chi connectivity index (χ4n) is 20.7. The minimum Gasteiger partial charge on any atom is -0.310 e. The fourth-order valence-corrected chi connectivity index (χ4v) is 20.7. The van der Waals surface area contributed by atoms with Crippen LogP contribution in [0.5, 0.6) is 0 Å². The number of hydrogen-bond acceptors (Lipinski definition) is 12. The Morgan fingerprint density at radius 3 is 1.01 bits per heavy atom. The summed E-state index contributed by atoms with van der Waals surface area (Å²) in [6.07, 6.45) is 47.4. The molecule has 0 saturated carbocycles. The molecule has 0 spiro atoms. The molecule has 0 radical (unpaired) electrons. The molecule has 0 bridgehead atoms. The molecule has 9 unspecified atom stereocenters. The zero-order valence-electron chi connectivity index (χ0n) is 78.0. The average Bonchev–Trinajstić information content (AvgIpc) is 1.52. The molecule has 0 saturated heterocycles. The van der Waals surface area contributed by atoms with Gasteiger partial charge in [0.05, 0.1) is 22.5 Å². The topological polar surface area (TPSA) is 165 Å². The number of benzene rings is 4. The van der Waals surface area contributed by atoms with Crippen LogP contribution in [-0.2, 0) is 51.4 Å². The monoisotopic (exact) mass is 1630 g/mol. The third-order valence-corrected chi connectivity index (χ3v) is 28.7. The summed E-state index contributed by atoms with van der Waals surface area (Å²) in [5.41, 5.74) is 15.4. The Labute approximate surface area is 729 Å². The molecule has 3 aliphatic rings. The summed E-state index contributed by atoms with van der Waals surface area (Å²) in [6, 6.07) is 26.5. The van der Waals surface area contributed by atoms with Crippen LogP contribution in [0.1, 0.15) is 392 Å². The Morgan fingerprint density at radius 2 is 0.661 bits per heavy atom. The molecular formula is C106H151BN14. The van der Waals surface area contributed by atoms with Crippen molar-refractivity contribution in [3.63, 3.8) is 0 Å². The Morgan fingerprint density at radius 1 is 0.339 bits per heavy atom. The van der Waals surface area contributed by atoms with E-state index in [1.54, 1.807) is 0 Å². The summed E-state index contributed by atoms with van der Waals surface area (Å²) >= 11 is 0. The third-order valence-electron chi connectivity index (χ3n) is 28.7. The molecule has 6 aromatic heterocycles. The minimum atomic E-state index is -0.139. The van der Waals surface area contributed by atoms with Gasteiger partial charge in [-0.3, -0.25) is 0 Å². The molecule has 14 nitrogen and oxygen atoms in total. The zero-order valence-corrected chi connectivity index (χ0v) is 78.0. The minimum absolute atomic E-state index is 0.135. The molecule has 10 aromatic rings. The summed E-state index contributed by atoms with van der Waals surface area (Å²) in [7, 11) is 0. The number of aromatic nitrogens is 14. The second-order valence-corrected chi connectivity index (χ2v) is 37.4. The van der Waals surface area contributed by atoms with E-state index in [9.17, 15) is 0 Å². The van der Waals surface area contributed by atoms with E-state index in [0.29, 0.717) is 47.3 Å². The highest BCUT2D eigenvalue weighted by Gasteiger charge is 2.47. The van der Waals surface area contributed by atoms with E-state index in [1.807, 2.05) is 0 Å². The molecule has 15 heteroatoms. The molecule has 0 N–H and O–H groups in total. The van der Waals surface area contributed by atoms with Gasteiger partial charge in [0, 0.05) is 101 Å². The highest BCUT2D eigenvalue weighted by molar-refractivity contribution is 7.03. The molecule has 4 aromatic carbocycles. The Hall–Kier alpha value is -7.94. The van der Waals surface area contributed by atoms with Crippen molar-refractivity contribution in [2.24, 2.45) is 47.3 Å². The van der Waals surface area contributed by atoms with Crippen LogP contribution >= 0.6 is 0 Å². The SMILES string of the molecule is CCCCC(CC)Cc1nc(CC(CC)CCCC)nc(-c2ccc3c4c5n(c3c2)-c2cccc3c2B(C5=CCC4c2nc(CC(CC)CCCC)nc(CC(CC)CCCC)n2)c2ccc(-c4nc(CC(CC)CCCC)nc(CC(CC)CCCC)n4)c4c5ccc(-c6nc(CC(CC)CCCC)nc(CC(CC)CCCC)n6)cc5n-3c24)n1. The lowest BCUT2D eigenvalue weighted by Gasteiger charge is -2.37. The number of nitrogens with zero attached hydrogens (tertiary/aromatic N) is 14. The van der Waals surface area contributed by atoms with Gasteiger partial charge >= 0.3 is 0 Å². The number of allylic oxidation sites excluding steroid dienone is 1. The van der Waals surface area contributed by atoms with Crippen molar-refractivity contribution in [2.75, 3.05) is 0 Å². The van der Waals surface area contributed by atoms with Gasteiger partial charge in [-0.15, -0.1) is 0 Å². The summed E-state index contributed by atoms with van der Waals surface area (Å²) in [5.74, 6) is 14.6. The number of rotatable bonds is 52. The molecular weight excluding hydrogens is 1480 g/mol. The largest absolute Gasteiger partial charge is 0.310 e. The maximum Gasteiger partial charge on any atom is 0.251 e. The van der Waals surface area contributed by atoms with Crippen LogP contribution in [0.4, 0.5) is 0 Å². The van der Waals surface area contributed by atoms with Crippen LogP contribution < -0.4 is 10.9 Å². The van der Waals surface area contributed by atoms with Crippen LogP contribution in [0, 0.1) is 47.3 Å². The van der Waals surface area contributed by atoms with E-state index in [2.05, 4.69) is 193 Å². The molecule has 9 atom stereocenters. The summed E-state index contributed by atoms with van der Waals surface area (Å²) in [6.45, 7) is 37.2. The lowest BCUT2D eigenvalue weighted by molar-refractivity contribution is 0.424. The van der Waals surface area contributed by atoms with E-state index in [0.717, 1.165) is 207 Å². The van der Waals surface area contributed by atoms with Gasteiger partial charge in [-0.2, -0.15) is 0 Å². The molecule has 121 heavy (non-hydrogen) atoms. The summed E-state index contributed by atoms with van der Waals surface area (Å²) < 4.78 is 5.33. The first-order chi connectivity index (χ1) is 59.2. The van der Waals surface area contributed by atoms with Gasteiger partial charge < -0.3 is 9.13 Å². The first kappa shape index (κ1) is 90.8. The highest BCUT2D eigenvalue weighted by atomic mass is 15.1. The maximum absolute atomic E-state index is 5.80. The van der Waals surface area contributed by atoms with Crippen LogP contribution in [0.2, 0.25) is 0 Å². The van der Waals surface area contributed by atoms with Gasteiger partial charge in [0.15, 0.2) is 17.5 Å². The number of unbranched alkanes of at least 4 members (excludes halogenated alkanes) is 8. The van der Waals surface area contributed by atoms with Crippen LogP contribution in [0.15, 0.2) is 72.8 Å². The molecule has 1 aliphatic carbocycles. The number of hydrogen-bond donors (Lipinski definition) is 0. The molecule has 648 valence electrons. The lowest BCUT2D eigenvalue weighted by Crippen LogP contribution is -2.53. The Bertz CT molecular complexity index is 4920. The molecule has 13 rings (SSSR count). The van der Waals surface area contributed by atoms with Crippen molar-refractivity contribution in [3.8, 4) is 45.5 Å². The van der Waals surface area contributed by atoms with Gasteiger partial charge in [0.1, 0.15) is 52.4 Å². The first-order valence-electron chi connectivity index (χ1n) is 49.8. The molecule has 0 amide bonds. The van der Waals surface area contributed by atoms with Crippen LogP contribution in [0.3, 0.4) is 0 Å².